The Kier molecular flexibility index (Phi) is 3.94. The van der Waals surface area contributed by atoms with Gasteiger partial charge in [0.2, 0.25) is 5.91 Å². The molecular weight excluding hydrogens is 380 g/mol. The van der Waals surface area contributed by atoms with E-state index in [1.54, 1.807) is 33.9 Å². The molecule has 1 aromatic carbocycles. The second-order valence-corrected chi connectivity index (χ2v) is 7.32. The van der Waals surface area contributed by atoms with Crippen molar-refractivity contribution in [3.63, 3.8) is 0 Å². The van der Waals surface area contributed by atoms with Crippen LogP contribution in [0, 0.1) is 0 Å². The number of fused-ring (bicyclic) bond motifs is 3. The zero-order chi connectivity index (χ0) is 19.3. The molecule has 0 spiro atoms. The van der Waals surface area contributed by atoms with Crippen LogP contribution in [0.15, 0.2) is 47.5 Å². The molecule has 0 radical (unpaired) electrons. The highest BCUT2D eigenvalue weighted by atomic mass is 35.5. The monoisotopic (exact) mass is 396 g/mol. The van der Waals surface area contributed by atoms with Crippen molar-refractivity contribution < 1.29 is 4.79 Å². The number of likely N-dealkylation sites (tertiary alicyclic amines) is 1. The lowest BCUT2D eigenvalue weighted by Gasteiger charge is -2.14. The number of benzene rings is 1. The maximum atomic E-state index is 12.7. The average molecular weight is 397 g/mol. The van der Waals surface area contributed by atoms with Gasteiger partial charge in [-0.15, -0.1) is 5.10 Å². The summed E-state index contributed by atoms with van der Waals surface area (Å²) in [6, 6.07) is 9.26. The Balaban J connectivity index is 1.57. The van der Waals surface area contributed by atoms with E-state index in [4.69, 9.17) is 11.6 Å². The van der Waals surface area contributed by atoms with E-state index in [-0.39, 0.29) is 18.1 Å². The van der Waals surface area contributed by atoms with E-state index in [0.29, 0.717) is 16.2 Å². The summed E-state index contributed by atoms with van der Waals surface area (Å²) in [4.78, 5) is 26.9. The quantitative estimate of drug-likeness (QED) is 0.531. The molecule has 0 atom stereocenters. The minimum atomic E-state index is -0.334. The second-order valence-electron chi connectivity index (χ2n) is 6.89. The van der Waals surface area contributed by atoms with Crippen molar-refractivity contribution in [1.29, 1.82) is 0 Å². The van der Waals surface area contributed by atoms with E-state index >= 15 is 0 Å². The number of amides is 1. The number of nitrogens with zero attached hydrogens (tertiary/aromatic N) is 6. The molecule has 0 aliphatic carbocycles. The zero-order valence-electron chi connectivity index (χ0n) is 15.0. The molecular formula is C19H17ClN6O2. The summed E-state index contributed by atoms with van der Waals surface area (Å²) >= 11 is 5.96. The number of hydrogen-bond donors (Lipinski definition) is 0. The SMILES string of the molecule is O=C(Cn1nc2c3cc(-c4ccc(Cl)cc4)nn3ccn2c1=O)N1CCCC1. The fraction of sp³-hybridized carbons (Fsp3) is 0.263. The molecule has 0 bridgehead atoms. The fourth-order valence-corrected chi connectivity index (χ4v) is 3.72. The molecule has 1 amide bonds. The third kappa shape index (κ3) is 2.77. The molecule has 5 rings (SSSR count). The van der Waals surface area contributed by atoms with Gasteiger partial charge in [0, 0.05) is 36.1 Å². The van der Waals surface area contributed by atoms with Crippen molar-refractivity contribution in [2.24, 2.45) is 0 Å². The first kappa shape index (κ1) is 17.0. The van der Waals surface area contributed by atoms with Crippen LogP contribution < -0.4 is 5.69 Å². The van der Waals surface area contributed by atoms with Gasteiger partial charge in [0.05, 0.1) is 5.69 Å². The molecule has 0 saturated carbocycles. The number of carbonyl (C=O) groups is 1. The molecule has 1 aliphatic heterocycles. The molecule has 9 heteroatoms. The van der Waals surface area contributed by atoms with Gasteiger partial charge in [-0.05, 0) is 31.0 Å². The summed E-state index contributed by atoms with van der Waals surface area (Å²) in [6.07, 6.45) is 5.34. The first-order chi connectivity index (χ1) is 13.6. The largest absolute Gasteiger partial charge is 0.350 e. The van der Waals surface area contributed by atoms with Gasteiger partial charge in [0.1, 0.15) is 12.1 Å². The summed E-state index contributed by atoms with van der Waals surface area (Å²) in [5, 5.41) is 9.63. The van der Waals surface area contributed by atoms with Gasteiger partial charge in [-0.2, -0.15) is 5.10 Å². The summed E-state index contributed by atoms with van der Waals surface area (Å²) < 4.78 is 4.35. The maximum absolute atomic E-state index is 12.7. The Bertz CT molecular complexity index is 1250. The lowest BCUT2D eigenvalue weighted by atomic mass is 10.1. The minimum Gasteiger partial charge on any atom is -0.341 e. The number of rotatable bonds is 3. The maximum Gasteiger partial charge on any atom is 0.350 e. The van der Waals surface area contributed by atoms with Gasteiger partial charge in [-0.1, -0.05) is 23.7 Å². The van der Waals surface area contributed by atoms with Gasteiger partial charge in [-0.3, -0.25) is 4.79 Å². The van der Waals surface area contributed by atoms with E-state index < -0.39 is 0 Å². The van der Waals surface area contributed by atoms with E-state index in [2.05, 4.69) is 10.2 Å². The van der Waals surface area contributed by atoms with Crippen LogP contribution in [0.5, 0.6) is 0 Å². The fourth-order valence-electron chi connectivity index (χ4n) is 3.59. The first-order valence-electron chi connectivity index (χ1n) is 9.11. The lowest BCUT2D eigenvalue weighted by molar-refractivity contribution is -0.131. The van der Waals surface area contributed by atoms with Gasteiger partial charge in [-0.25, -0.2) is 18.4 Å². The molecule has 0 unspecified atom stereocenters. The van der Waals surface area contributed by atoms with Crippen LogP contribution in [0.2, 0.25) is 5.02 Å². The molecule has 3 aromatic heterocycles. The topological polar surface area (TPSA) is 76.9 Å². The van der Waals surface area contributed by atoms with Crippen LogP contribution in [0.1, 0.15) is 12.8 Å². The molecule has 28 heavy (non-hydrogen) atoms. The first-order valence-corrected chi connectivity index (χ1v) is 9.49. The third-order valence-electron chi connectivity index (χ3n) is 5.08. The number of aromatic nitrogens is 5. The van der Waals surface area contributed by atoms with Crippen molar-refractivity contribution >= 4 is 28.7 Å². The minimum absolute atomic E-state index is 0.0507. The third-order valence-corrected chi connectivity index (χ3v) is 5.33. The van der Waals surface area contributed by atoms with Crippen molar-refractivity contribution in [3.05, 3.63) is 58.2 Å². The lowest BCUT2D eigenvalue weighted by Crippen LogP contribution is -2.34. The van der Waals surface area contributed by atoms with E-state index in [1.165, 1.54) is 9.08 Å². The van der Waals surface area contributed by atoms with Crippen molar-refractivity contribution in [1.82, 2.24) is 28.7 Å². The zero-order valence-corrected chi connectivity index (χ0v) is 15.7. The van der Waals surface area contributed by atoms with Gasteiger partial charge >= 0.3 is 5.69 Å². The Morgan fingerprint density at radius 2 is 1.82 bits per heavy atom. The van der Waals surface area contributed by atoms with Gasteiger partial charge in [0.15, 0.2) is 5.65 Å². The molecule has 142 valence electrons. The highest BCUT2D eigenvalue weighted by Gasteiger charge is 2.21. The molecule has 0 N–H and O–H groups in total. The molecule has 8 nitrogen and oxygen atoms in total. The Hall–Kier alpha value is -3.13. The standard InChI is InChI=1S/C19H17ClN6O2/c20-14-5-3-13(4-6-14)15-11-16-18-22-26(12-17(27)23-7-1-2-8-23)19(28)24(18)9-10-25(16)21-15/h3-6,9-11H,1-2,7-8,12H2. The molecule has 1 aliphatic rings. The van der Waals surface area contributed by atoms with E-state index in [1.807, 2.05) is 18.2 Å². The summed E-state index contributed by atoms with van der Waals surface area (Å²) in [5.41, 5.74) is 2.49. The number of hydrogen-bond acceptors (Lipinski definition) is 4. The summed E-state index contributed by atoms with van der Waals surface area (Å²) in [6.45, 7) is 1.45. The summed E-state index contributed by atoms with van der Waals surface area (Å²) in [7, 11) is 0. The van der Waals surface area contributed by atoms with Crippen LogP contribution in [0.25, 0.3) is 22.4 Å². The smallest absolute Gasteiger partial charge is 0.341 e. The van der Waals surface area contributed by atoms with E-state index in [0.717, 1.165) is 37.2 Å². The Labute approximate surface area is 164 Å². The number of carbonyl (C=O) groups excluding carboxylic acids is 1. The predicted octanol–water partition coefficient (Wildman–Crippen LogP) is 2.09. The second kappa shape index (κ2) is 6.49. The number of halogens is 1. The van der Waals surface area contributed by atoms with Crippen LogP contribution in [-0.4, -0.2) is 47.7 Å². The van der Waals surface area contributed by atoms with Crippen molar-refractivity contribution in [2.45, 2.75) is 19.4 Å². The van der Waals surface area contributed by atoms with E-state index in [9.17, 15) is 9.59 Å². The van der Waals surface area contributed by atoms with Crippen LogP contribution in [0.4, 0.5) is 0 Å². The van der Waals surface area contributed by atoms with Gasteiger partial charge < -0.3 is 4.90 Å². The average Bonchev–Trinajstić information content (AvgIpc) is 3.42. The predicted molar refractivity (Wildman–Crippen MR) is 104 cm³/mol. The highest BCUT2D eigenvalue weighted by molar-refractivity contribution is 6.30. The Morgan fingerprint density at radius 3 is 2.57 bits per heavy atom. The van der Waals surface area contributed by atoms with Crippen molar-refractivity contribution in [2.75, 3.05) is 13.1 Å². The molecule has 4 aromatic rings. The Morgan fingerprint density at radius 1 is 1.07 bits per heavy atom. The van der Waals surface area contributed by atoms with Gasteiger partial charge in [0.25, 0.3) is 0 Å². The summed E-state index contributed by atoms with van der Waals surface area (Å²) in [5.74, 6) is -0.0746. The normalized spacial score (nSPS) is 14.4. The van der Waals surface area contributed by atoms with Crippen LogP contribution in [-0.2, 0) is 11.3 Å². The molecule has 1 fully saturated rings. The van der Waals surface area contributed by atoms with Crippen LogP contribution in [0.3, 0.4) is 0 Å². The molecule has 4 heterocycles. The van der Waals surface area contributed by atoms with Crippen molar-refractivity contribution in [3.8, 4) is 11.3 Å². The molecule has 1 saturated heterocycles. The van der Waals surface area contributed by atoms with Crippen LogP contribution >= 0.6 is 11.6 Å². The highest BCUT2D eigenvalue weighted by Crippen LogP contribution is 2.23.